The van der Waals surface area contributed by atoms with Gasteiger partial charge in [-0.15, -0.1) is 0 Å². The molecular weight excluding hydrogens is 176 g/mol. The Labute approximate surface area is 87.7 Å². The lowest BCUT2D eigenvalue weighted by molar-refractivity contribution is -0.0450. The number of methoxy groups -OCH3 is 1. The topological polar surface area (TPSA) is 29.5 Å². The van der Waals surface area contributed by atoms with Crippen molar-refractivity contribution in [1.82, 2.24) is 0 Å². The first-order chi connectivity index (χ1) is 6.69. The molecule has 0 aromatic rings. The van der Waals surface area contributed by atoms with E-state index in [0.29, 0.717) is 5.92 Å². The van der Waals surface area contributed by atoms with Crippen LogP contribution in [0.5, 0.6) is 0 Å². The molecule has 0 spiro atoms. The summed E-state index contributed by atoms with van der Waals surface area (Å²) in [7, 11) is 1.67. The highest BCUT2D eigenvalue weighted by Crippen LogP contribution is 2.33. The van der Waals surface area contributed by atoms with Gasteiger partial charge in [0.25, 0.3) is 0 Å². The molecule has 1 saturated carbocycles. The fourth-order valence-electron chi connectivity index (χ4n) is 2.54. The van der Waals surface area contributed by atoms with Gasteiger partial charge >= 0.3 is 0 Å². The molecule has 1 aliphatic carbocycles. The fourth-order valence-corrected chi connectivity index (χ4v) is 2.54. The van der Waals surface area contributed by atoms with Gasteiger partial charge in [0, 0.05) is 7.11 Å². The number of hydrogen-bond donors (Lipinski definition) is 1. The van der Waals surface area contributed by atoms with Crippen LogP contribution in [0.3, 0.4) is 0 Å². The molecule has 2 heteroatoms. The van der Waals surface area contributed by atoms with Crippen molar-refractivity contribution in [2.24, 2.45) is 11.8 Å². The molecule has 0 saturated heterocycles. The van der Waals surface area contributed by atoms with Crippen LogP contribution in [0, 0.1) is 11.8 Å². The summed E-state index contributed by atoms with van der Waals surface area (Å²) in [5, 5.41) is 10.0. The van der Waals surface area contributed by atoms with Gasteiger partial charge < -0.3 is 9.84 Å². The number of rotatable bonds is 4. The summed E-state index contributed by atoms with van der Waals surface area (Å²) in [4.78, 5) is 0. The average molecular weight is 200 g/mol. The van der Waals surface area contributed by atoms with Gasteiger partial charge in [0.05, 0.1) is 12.2 Å². The fraction of sp³-hybridized carbons (Fsp3) is 1.00. The first kappa shape index (κ1) is 12.0. The first-order valence-electron chi connectivity index (χ1n) is 5.89. The van der Waals surface area contributed by atoms with Gasteiger partial charge in [-0.25, -0.2) is 0 Å². The molecule has 0 bridgehead atoms. The van der Waals surface area contributed by atoms with Gasteiger partial charge in [-0.1, -0.05) is 26.2 Å². The summed E-state index contributed by atoms with van der Waals surface area (Å²) >= 11 is 0. The molecule has 14 heavy (non-hydrogen) atoms. The van der Waals surface area contributed by atoms with Crippen LogP contribution in [0.15, 0.2) is 0 Å². The van der Waals surface area contributed by atoms with E-state index in [4.69, 9.17) is 4.74 Å². The SMILES string of the molecule is CCC1CCCC(C(O)C(C)OC)C1. The molecule has 0 heterocycles. The minimum Gasteiger partial charge on any atom is -0.390 e. The maximum Gasteiger partial charge on any atom is 0.0827 e. The molecule has 0 amide bonds. The number of aliphatic hydroxyl groups is 1. The van der Waals surface area contributed by atoms with Crippen LogP contribution in [-0.4, -0.2) is 24.4 Å². The maximum atomic E-state index is 10.0. The highest BCUT2D eigenvalue weighted by molar-refractivity contribution is 4.80. The average Bonchev–Trinajstić information content (AvgIpc) is 2.27. The van der Waals surface area contributed by atoms with E-state index in [0.717, 1.165) is 5.92 Å². The molecule has 0 aliphatic heterocycles. The molecule has 0 radical (unpaired) electrons. The van der Waals surface area contributed by atoms with Crippen molar-refractivity contribution < 1.29 is 9.84 Å². The van der Waals surface area contributed by atoms with Crippen molar-refractivity contribution in [3.63, 3.8) is 0 Å². The minimum absolute atomic E-state index is 0.0180. The summed E-state index contributed by atoms with van der Waals surface area (Å²) in [5.41, 5.74) is 0. The zero-order valence-corrected chi connectivity index (χ0v) is 9.70. The molecule has 1 rings (SSSR count). The van der Waals surface area contributed by atoms with E-state index in [1.54, 1.807) is 7.11 Å². The Kier molecular flexibility index (Phi) is 4.90. The molecule has 1 aliphatic rings. The van der Waals surface area contributed by atoms with Gasteiger partial charge in [-0.3, -0.25) is 0 Å². The van der Waals surface area contributed by atoms with Gasteiger partial charge in [-0.2, -0.15) is 0 Å². The molecule has 2 nitrogen and oxygen atoms in total. The highest BCUT2D eigenvalue weighted by Gasteiger charge is 2.29. The smallest absolute Gasteiger partial charge is 0.0827 e. The van der Waals surface area contributed by atoms with Crippen molar-refractivity contribution >= 4 is 0 Å². The first-order valence-corrected chi connectivity index (χ1v) is 5.89. The summed E-state index contributed by atoms with van der Waals surface area (Å²) in [6, 6.07) is 0. The number of hydrogen-bond acceptors (Lipinski definition) is 2. The van der Waals surface area contributed by atoms with Crippen molar-refractivity contribution in [2.45, 2.75) is 58.2 Å². The Morgan fingerprint density at radius 2 is 2.14 bits per heavy atom. The molecule has 4 unspecified atom stereocenters. The summed E-state index contributed by atoms with van der Waals surface area (Å²) in [6.45, 7) is 4.21. The second-order valence-corrected chi connectivity index (χ2v) is 4.63. The zero-order chi connectivity index (χ0) is 10.6. The second-order valence-electron chi connectivity index (χ2n) is 4.63. The molecule has 84 valence electrons. The van der Waals surface area contributed by atoms with Crippen LogP contribution < -0.4 is 0 Å². The molecule has 1 fully saturated rings. The van der Waals surface area contributed by atoms with E-state index in [9.17, 15) is 5.11 Å². The predicted octanol–water partition coefficient (Wildman–Crippen LogP) is 2.60. The highest BCUT2D eigenvalue weighted by atomic mass is 16.5. The van der Waals surface area contributed by atoms with Gasteiger partial charge in [0.15, 0.2) is 0 Å². The molecule has 1 N–H and O–H groups in total. The lowest BCUT2D eigenvalue weighted by Gasteiger charge is -2.33. The summed E-state index contributed by atoms with van der Waals surface area (Å²) < 4.78 is 5.18. The van der Waals surface area contributed by atoms with Crippen molar-refractivity contribution in [2.75, 3.05) is 7.11 Å². The normalized spacial score (nSPS) is 32.6. The van der Waals surface area contributed by atoms with E-state index in [2.05, 4.69) is 6.92 Å². The molecule has 0 aromatic carbocycles. The van der Waals surface area contributed by atoms with Crippen LogP contribution in [0.1, 0.15) is 46.0 Å². The lowest BCUT2D eigenvalue weighted by atomic mass is 9.77. The quantitative estimate of drug-likeness (QED) is 0.756. The Balaban J connectivity index is 2.42. The Bertz CT molecular complexity index is 156. The minimum atomic E-state index is -0.269. The molecule has 4 atom stereocenters. The summed E-state index contributed by atoms with van der Waals surface area (Å²) in [6.07, 6.45) is 5.95. The van der Waals surface area contributed by atoms with Crippen molar-refractivity contribution in [3.05, 3.63) is 0 Å². The standard InChI is InChI=1S/C12H24O2/c1-4-10-6-5-7-11(8-10)12(13)9(2)14-3/h9-13H,4-8H2,1-3H3. The van der Waals surface area contributed by atoms with Gasteiger partial charge in [0.2, 0.25) is 0 Å². The van der Waals surface area contributed by atoms with Crippen LogP contribution in [0.25, 0.3) is 0 Å². The van der Waals surface area contributed by atoms with Gasteiger partial charge in [-0.05, 0) is 31.6 Å². The molecular formula is C12H24O2. The van der Waals surface area contributed by atoms with Crippen molar-refractivity contribution in [1.29, 1.82) is 0 Å². The van der Waals surface area contributed by atoms with Crippen LogP contribution in [0.4, 0.5) is 0 Å². The Morgan fingerprint density at radius 3 is 2.71 bits per heavy atom. The van der Waals surface area contributed by atoms with Crippen molar-refractivity contribution in [3.8, 4) is 0 Å². The van der Waals surface area contributed by atoms with E-state index in [1.807, 2.05) is 6.92 Å². The lowest BCUT2D eigenvalue weighted by Crippen LogP contribution is -2.35. The van der Waals surface area contributed by atoms with Crippen LogP contribution >= 0.6 is 0 Å². The monoisotopic (exact) mass is 200 g/mol. The zero-order valence-electron chi connectivity index (χ0n) is 9.70. The third-order valence-electron chi connectivity index (χ3n) is 3.74. The second kappa shape index (κ2) is 5.72. The number of aliphatic hydroxyl groups excluding tert-OH is 1. The third-order valence-corrected chi connectivity index (χ3v) is 3.74. The Hall–Kier alpha value is -0.0800. The molecule has 0 aromatic heterocycles. The largest absolute Gasteiger partial charge is 0.390 e. The van der Waals surface area contributed by atoms with E-state index in [-0.39, 0.29) is 12.2 Å². The van der Waals surface area contributed by atoms with Gasteiger partial charge in [0.1, 0.15) is 0 Å². The Morgan fingerprint density at radius 1 is 1.43 bits per heavy atom. The van der Waals surface area contributed by atoms with Crippen LogP contribution in [-0.2, 0) is 4.74 Å². The van der Waals surface area contributed by atoms with Crippen LogP contribution in [0.2, 0.25) is 0 Å². The number of ether oxygens (including phenoxy) is 1. The third kappa shape index (κ3) is 2.96. The van der Waals surface area contributed by atoms with E-state index >= 15 is 0 Å². The van der Waals surface area contributed by atoms with E-state index in [1.165, 1.54) is 32.1 Å². The summed E-state index contributed by atoms with van der Waals surface area (Å²) in [5.74, 6) is 1.29. The van der Waals surface area contributed by atoms with E-state index < -0.39 is 0 Å². The predicted molar refractivity (Wildman–Crippen MR) is 58.2 cm³/mol. The maximum absolute atomic E-state index is 10.0.